The van der Waals surface area contributed by atoms with Crippen LogP contribution in [0.15, 0.2) is 72.8 Å². The first-order valence-electron chi connectivity index (χ1n) is 8.74. The lowest BCUT2D eigenvalue weighted by Gasteiger charge is -2.11. The Labute approximate surface area is 157 Å². The van der Waals surface area contributed by atoms with E-state index in [4.69, 9.17) is 0 Å². The van der Waals surface area contributed by atoms with E-state index in [0.29, 0.717) is 5.56 Å². The van der Waals surface area contributed by atoms with Crippen LogP contribution in [-0.2, 0) is 0 Å². The summed E-state index contributed by atoms with van der Waals surface area (Å²) in [7, 11) is 4.02. The maximum absolute atomic E-state index is 12.5. The standard InChI is InChI=1S/C22H20N4O/c1-26(2)18-11-8-15(9-12-18)21-24-19-13-10-16(14-20(19)25-21)22(27)23-17-6-4-3-5-7-17/h3-14H,1-2H3,(H,23,27)(H,24,25). The van der Waals surface area contributed by atoms with E-state index in [2.05, 4.69) is 32.3 Å². The number of aromatic nitrogens is 2. The van der Waals surface area contributed by atoms with Gasteiger partial charge in [0.2, 0.25) is 0 Å². The van der Waals surface area contributed by atoms with Crippen molar-refractivity contribution in [1.29, 1.82) is 0 Å². The second-order valence-electron chi connectivity index (χ2n) is 6.58. The molecule has 2 N–H and O–H groups in total. The van der Waals surface area contributed by atoms with E-state index in [1.54, 1.807) is 6.07 Å². The largest absolute Gasteiger partial charge is 0.378 e. The number of amides is 1. The zero-order valence-corrected chi connectivity index (χ0v) is 15.2. The SMILES string of the molecule is CN(C)c1ccc(-c2nc3cc(C(=O)Nc4ccccc4)ccc3[nH]2)cc1. The van der Waals surface area contributed by atoms with Crippen LogP contribution in [0.3, 0.4) is 0 Å². The highest BCUT2D eigenvalue weighted by Gasteiger charge is 2.10. The van der Waals surface area contributed by atoms with Gasteiger partial charge in [0, 0.05) is 36.6 Å². The summed E-state index contributed by atoms with van der Waals surface area (Å²) in [5.41, 5.74) is 5.15. The van der Waals surface area contributed by atoms with E-state index in [1.165, 1.54) is 0 Å². The van der Waals surface area contributed by atoms with Gasteiger partial charge in [-0.25, -0.2) is 4.98 Å². The van der Waals surface area contributed by atoms with Crippen LogP contribution >= 0.6 is 0 Å². The summed E-state index contributed by atoms with van der Waals surface area (Å²) in [6.45, 7) is 0. The zero-order chi connectivity index (χ0) is 18.8. The van der Waals surface area contributed by atoms with Crippen LogP contribution in [0.5, 0.6) is 0 Å². The molecule has 1 heterocycles. The fraction of sp³-hybridized carbons (Fsp3) is 0.0909. The molecule has 3 aromatic carbocycles. The predicted octanol–water partition coefficient (Wildman–Crippen LogP) is 4.55. The molecule has 0 saturated carbocycles. The molecule has 0 unspecified atom stereocenters. The van der Waals surface area contributed by atoms with Gasteiger partial charge in [-0.3, -0.25) is 4.79 Å². The number of anilines is 2. The molecule has 0 radical (unpaired) electrons. The lowest BCUT2D eigenvalue weighted by atomic mass is 10.2. The molecule has 0 bridgehead atoms. The number of carbonyl (C=O) groups is 1. The molecule has 0 atom stereocenters. The van der Waals surface area contributed by atoms with Crippen molar-refractivity contribution in [3.05, 3.63) is 78.4 Å². The minimum Gasteiger partial charge on any atom is -0.378 e. The van der Waals surface area contributed by atoms with Crippen LogP contribution < -0.4 is 10.2 Å². The number of para-hydroxylation sites is 1. The summed E-state index contributed by atoms with van der Waals surface area (Å²) in [5.74, 6) is 0.638. The number of imidazole rings is 1. The summed E-state index contributed by atoms with van der Waals surface area (Å²) in [5, 5.41) is 2.90. The van der Waals surface area contributed by atoms with Crippen molar-refractivity contribution >= 4 is 28.3 Å². The minimum absolute atomic E-state index is 0.150. The van der Waals surface area contributed by atoms with Crippen LogP contribution in [0.2, 0.25) is 0 Å². The van der Waals surface area contributed by atoms with Crippen LogP contribution in [0.1, 0.15) is 10.4 Å². The van der Waals surface area contributed by atoms with Crippen molar-refractivity contribution in [1.82, 2.24) is 9.97 Å². The van der Waals surface area contributed by atoms with Crippen molar-refractivity contribution in [2.75, 3.05) is 24.3 Å². The number of H-pyrrole nitrogens is 1. The van der Waals surface area contributed by atoms with Gasteiger partial charge in [0.1, 0.15) is 5.82 Å². The van der Waals surface area contributed by atoms with Gasteiger partial charge in [0.15, 0.2) is 0 Å². The first-order chi connectivity index (χ1) is 13.1. The molecule has 0 aliphatic rings. The van der Waals surface area contributed by atoms with E-state index in [1.807, 2.05) is 68.7 Å². The Morgan fingerprint density at radius 3 is 2.41 bits per heavy atom. The average molecular weight is 356 g/mol. The number of hydrogen-bond donors (Lipinski definition) is 2. The number of aromatic amines is 1. The fourth-order valence-corrected chi connectivity index (χ4v) is 2.93. The number of nitrogens with one attached hydrogen (secondary N) is 2. The molecule has 4 rings (SSSR count). The van der Waals surface area contributed by atoms with Crippen LogP contribution in [0, 0.1) is 0 Å². The van der Waals surface area contributed by atoms with Crippen LogP contribution in [-0.4, -0.2) is 30.0 Å². The van der Waals surface area contributed by atoms with Gasteiger partial charge in [-0.1, -0.05) is 18.2 Å². The van der Waals surface area contributed by atoms with E-state index >= 15 is 0 Å². The van der Waals surface area contributed by atoms with Gasteiger partial charge in [0.25, 0.3) is 5.91 Å². The van der Waals surface area contributed by atoms with Crippen LogP contribution in [0.25, 0.3) is 22.4 Å². The average Bonchev–Trinajstić information content (AvgIpc) is 3.12. The summed E-state index contributed by atoms with van der Waals surface area (Å²) in [4.78, 5) is 22.5. The molecule has 0 saturated heterocycles. The van der Waals surface area contributed by atoms with Crippen molar-refractivity contribution in [3.8, 4) is 11.4 Å². The highest BCUT2D eigenvalue weighted by Crippen LogP contribution is 2.24. The van der Waals surface area contributed by atoms with Gasteiger partial charge < -0.3 is 15.2 Å². The highest BCUT2D eigenvalue weighted by atomic mass is 16.1. The Hall–Kier alpha value is -3.60. The van der Waals surface area contributed by atoms with Crippen molar-refractivity contribution < 1.29 is 4.79 Å². The molecule has 1 aromatic heterocycles. The first-order valence-corrected chi connectivity index (χ1v) is 8.74. The topological polar surface area (TPSA) is 61.0 Å². The maximum Gasteiger partial charge on any atom is 0.255 e. The number of hydrogen-bond acceptors (Lipinski definition) is 3. The van der Waals surface area contributed by atoms with E-state index in [-0.39, 0.29) is 5.91 Å². The van der Waals surface area contributed by atoms with E-state index < -0.39 is 0 Å². The summed E-state index contributed by atoms with van der Waals surface area (Å²) >= 11 is 0. The Balaban J connectivity index is 1.60. The molecule has 134 valence electrons. The molecule has 5 heteroatoms. The molecule has 0 aliphatic heterocycles. The van der Waals surface area contributed by atoms with Crippen molar-refractivity contribution in [2.45, 2.75) is 0 Å². The van der Waals surface area contributed by atoms with Gasteiger partial charge in [-0.05, 0) is 54.6 Å². The summed E-state index contributed by atoms with van der Waals surface area (Å²) in [6, 6.07) is 23.1. The Morgan fingerprint density at radius 2 is 1.70 bits per heavy atom. The van der Waals surface area contributed by atoms with Crippen molar-refractivity contribution in [2.24, 2.45) is 0 Å². The Kier molecular flexibility index (Phi) is 4.34. The third kappa shape index (κ3) is 3.53. The molecule has 0 spiro atoms. The highest BCUT2D eigenvalue weighted by molar-refractivity contribution is 6.06. The number of nitrogens with zero attached hydrogens (tertiary/aromatic N) is 2. The normalized spacial score (nSPS) is 10.7. The maximum atomic E-state index is 12.5. The number of benzene rings is 3. The van der Waals surface area contributed by atoms with E-state index in [9.17, 15) is 4.79 Å². The summed E-state index contributed by atoms with van der Waals surface area (Å²) < 4.78 is 0. The first kappa shape index (κ1) is 16.8. The molecule has 4 aromatic rings. The molecule has 0 fully saturated rings. The van der Waals surface area contributed by atoms with Gasteiger partial charge in [-0.15, -0.1) is 0 Å². The van der Waals surface area contributed by atoms with E-state index in [0.717, 1.165) is 33.8 Å². The minimum atomic E-state index is -0.150. The smallest absolute Gasteiger partial charge is 0.255 e. The predicted molar refractivity (Wildman–Crippen MR) is 110 cm³/mol. The molecule has 27 heavy (non-hydrogen) atoms. The lowest BCUT2D eigenvalue weighted by molar-refractivity contribution is 0.102. The second kappa shape index (κ2) is 6.96. The number of rotatable bonds is 4. The zero-order valence-electron chi connectivity index (χ0n) is 15.2. The van der Waals surface area contributed by atoms with Gasteiger partial charge in [-0.2, -0.15) is 0 Å². The molecular formula is C22H20N4O. The van der Waals surface area contributed by atoms with Crippen molar-refractivity contribution in [3.63, 3.8) is 0 Å². The van der Waals surface area contributed by atoms with Gasteiger partial charge in [0.05, 0.1) is 11.0 Å². The number of fused-ring (bicyclic) bond motifs is 1. The third-order valence-electron chi connectivity index (χ3n) is 4.43. The van der Waals surface area contributed by atoms with Gasteiger partial charge >= 0.3 is 0 Å². The molecule has 5 nitrogen and oxygen atoms in total. The summed E-state index contributed by atoms with van der Waals surface area (Å²) in [6.07, 6.45) is 0. The lowest BCUT2D eigenvalue weighted by Crippen LogP contribution is -2.11. The second-order valence-corrected chi connectivity index (χ2v) is 6.58. The third-order valence-corrected chi connectivity index (χ3v) is 4.43. The monoisotopic (exact) mass is 356 g/mol. The van der Waals surface area contributed by atoms with Crippen LogP contribution in [0.4, 0.5) is 11.4 Å². The quantitative estimate of drug-likeness (QED) is 0.564. The fourth-order valence-electron chi connectivity index (χ4n) is 2.93. The molecule has 1 amide bonds. The number of carbonyl (C=O) groups excluding carboxylic acids is 1. The molecular weight excluding hydrogens is 336 g/mol. The Morgan fingerprint density at radius 1 is 0.963 bits per heavy atom. The molecule has 0 aliphatic carbocycles. The Bertz CT molecular complexity index is 1080.